The molecule has 1 unspecified atom stereocenters. The standard InChI is InChI=1S/C16H16FNOS/c1-3-18-15(11-6-7-20-9-11)16-10(2)13-8-12(17)4-5-14(13)19-16/h4-9,15,18H,3H2,1-2H3. The maximum Gasteiger partial charge on any atom is 0.134 e. The lowest BCUT2D eigenvalue weighted by molar-refractivity contribution is 0.474. The molecule has 104 valence electrons. The number of aryl methyl sites for hydroxylation is 1. The Balaban J connectivity index is 2.13. The highest BCUT2D eigenvalue weighted by Crippen LogP contribution is 2.33. The van der Waals surface area contributed by atoms with E-state index in [1.165, 1.54) is 17.7 Å². The first-order valence-electron chi connectivity index (χ1n) is 6.64. The van der Waals surface area contributed by atoms with Crippen molar-refractivity contribution >= 4 is 22.3 Å². The van der Waals surface area contributed by atoms with Crippen LogP contribution in [-0.4, -0.2) is 6.54 Å². The fourth-order valence-corrected chi connectivity index (χ4v) is 3.18. The summed E-state index contributed by atoms with van der Waals surface area (Å²) in [6, 6.07) is 6.76. The van der Waals surface area contributed by atoms with Gasteiger partial charge in [-0.25, -0.2) is 4.39 Å². The molecule has 2 heterocycles. The number of halogens is 1. The SMILES string of the molecule is CCNC(c1ccsc1)c1oc2ccc(F)cc2c1C. The monoisotopic (exact) mass is 289 g/mol. The van der Waals surface area contributed by atoms with Crippen LogP contribution in [0.4, 0.5) is 4.39 Å². The van der Waals surface area contributed by atoms with Crippen molar-refractivity contribution in [3.05, 3.63) is 57.7 Å². The van der Waals surface area contributed by atoms with Crippen LogP contribution in [0.2, 0.25) is 0 Å². The molecule has 0 fully saturated rings. The van der Waals surface area contributed by atoms with E-state index in [2.05, 4.69) is 29.1 Å². The van der Waals surface area contributed by atoms with Gasteiger partial charge >= 0.3 is 0 Å². The van der Waals surface area contributed by atoms with Crippen molar-refractivity contribution in [3.63, 3.8) is 0 Å². The number of nitrogens with one attached hydrogen (secondary N) is 1. The van der Waals surface area contributed by atoms with Crippen LogP contribution in [0.15, 0.2) is 39.4 Å². The van der Waals surface area contributed by atoms with Gasteiger partial charge in [0.15, 0.2) is 0 Å². The van der Waals surface area contributed by atoms with Gasteiger partial charge in [-0.3, -0.25) is 0 Å². The summed E-state index contributed by atoms with van der Waals surface area (Å²) in [5.41, 5.74) is 2.91. The number of benzene rings is 1. The Hall–Kier alpha value is -1.65. The molecule has 0 aliphatic carbocycles. The summed E-state index contributed by atoms with van der Waals surface area (Å²) in [7, 11) is 0. The normalized spacial score (nSPS) is 12.9. The Bertz CT molecular complexity index is 717. The van der Waals surface area contributed by atoms with Crippen LogP contribution in [0.25, 0.3) is 11.0 Å². The van der Waals surface area contributed by atoms with E-state index in [1.807, 2.05) is 6.92 Å². The lowest BCUT2D eigenvalue weighted by atomic mass is 10.0. The molecule has 0 aliphatic rings. The van der Waals surface area contributed by atoms with E-state index in [4.69, 9.17) is 4.42 Å². The molecule has 1 N–H and O–H groups in total. The minimum absolute atomic E-state index is 0.0155. The molecule has 2 nitrogen and oxygen atoms in total. The number of fused-ring (bicyclic) bond motifs is 1. The number of furan rings is 1. The van der Waals surface area contributed by atoms with Crippen LogP contribution >= 0.6 is 11.3 Å². The number of hydrogen-bond acceptors (Lipinski definition) is 3. The topological polar surface area (TPSA) is 25.2 Å². The second-order valence-corrected chi connectivity index (χ2v) is 5.56. The predicted molar refractivity (Wildman–Crippen MR) is 80.7 cm³/mol. The molecule has 20 heavy (non-hydrogen) atoms. The van der Waals surface area contributed by atoms with E-state index in [-0.39, 0.29) is 11.9 Å². The molecular formula is C16H16FNOS. The molecule has 0 saturated heterocycles. The molecule has 4 heteroatoms. The summed E-state index contributed by atoms with van der Waals surface area (Å²) < 4.78 is 19.4. The van der Waals surface area contributed by atoms with E-state index in [0.29, 0.717) is 0 Å². The maximum atomic E-state index is 13.4. The largest absolute Gasteiger partial charge is 0.459 e. The average Bonchev–Trinajstić information content (AvgIpc) is 3.06. The molecule has 0 amide bonds. The number of thiophene rings is 1. The third kappa shape index (κ3) is 2.25. The Morgan fingerprint density at radius 2 is 2.20 bits per heavy atom. The zero-order valence-electron chi connectivity index (χ0n) is 11.4. The van der Waals surface area contributed by atoms with E-state index < -0.39 is 0 Å². The molecular weight excluding hydrogens is 273 g/mol. The molecule has 1 aromatic carbocycles. The quantitative estimate of drug-likeness (QED) is 0.757. The van der Waals surface area contributed by atoms with E-state index in [0.717, 1.165) is 28.8 Å². The molecule has 3 rings (SSSR count). The summed E-state index contributed by atoms with van der Waals surface area (Å²) in [6.07, 6.45) is 0. The van der Waals surface area contributed by atoms with Crippen molar-refractivity contribution in [1.29, 1.82) is 0 Å². The van der Waals surface area contributed by atoms with Gasteiger partial charge in [0.1, 0.15) is 17.2 Å². The molecule has 0 aliphatic heterocycles. The predicted octanol–water partition coefficient (Wildman–Crippen LogP) is 4.64. The summed E-state index contributed by atoms with van der Waals surface area (Å²) in [5.74, 6) is 0.634. The number of rotatable bonds is 4. The second kappa shape index (κ2) is 5.38. The van der Waals surface area contributed by atoms with Gasteiger partial charge in [-0.15, -0.1) is 0 Å². The van der Waals surface area contributed by atoms with Gasteiger partial charge in [-0.2, -0.15) is 11.3 Å². The van der Waals surface area contributed by atoms with Crippen LogP contribution in [0.3, 0.4) is 0 Å². The molecule has 1 atom stereocenters. The van der Waals surface area contributed by atoms with Crippen molar-refractivity contribution in [3.8, 4) is 0 Å². The highest BCUT2D eigenvalue weighted by molar-refractivity contribution is 7.08. The highest BCUT2D eigenvalue weighted by Gasteiger charge is 2.21. The van der Waals surface area contributed by atoms with Gasteiger partial charge < -0.3 is 9.73 Å². The smallest absolute Gasteiger partial charge is 0.134 e. The van der Waals surface area contributed by atoms with E-state index in [1.54, 1.807) is 17.4 Å². The fraction of sp³-hybridized carbons (Fsp3) is 0.250. The van der Waals surface area contributed by atoms with E-state index in [9.17, 15) is 4.39 Å². The van der Waals surface area contributed by atoms with Gasteiger partial charge in [0.05, 0.1) is 6.04 Å². The first kappa shape index (κ1) is 13.3. The zero-order valence-corrected chi connectivity index (χ0v) is 12.3. The number of hydrogen-bond donors (Lipinski definition) is 1. The van der Waals surface area contributed by atoms with Crippen molar-refractivity contribution < 1.29 is 8.81 Å². The highest BCUT2D eigenvalue weighted by atomic mass is 32.1. The van der Waals surface area contributed by atoms with Crippen LogP contribution in [-0.2, 0) is 0 Å². The summed E-state index contributed by atoms with van der Waals surface area (Å²) in [5, 5.41) is 8.45. The minimum atomic E-state index is -0.233. The van der Waals surface area contributed by atoms with Gasteiger partial charge in [-0.1, -0.05) is 6.92 Å². The Morgan fingerprint density at radius 1 is 1.35 bits per heavy atom. The summed E-state index contributed by atoms with van der Waals surface area (Å²) in [4.78, 5) is 0. The Morgan fingerprint density at radius 3 is 2.90 bits per heavy atom. The first-order chi connectivity index (χ1) is 9.70. The maximum absolute atomic E-state index is 13.4. The fourth-order valence-electron chi connectivity index (χ4n) is 2.49. The second-order valence-electron chi connectivity index (χ2n) is 4.78. The lowest BCUT2D eigenvalue weighted by Crippen LogP contribution is -2.21. The zero-order chi connectivity index (χ0) is 14.1. The van der Waals surface area contributed by atoms with Crippen molar-refractivity contribution in [2.24, 2.45) is 0 Å². The van der Waals surface area contributed by atoms with Crippen LogP contribution in [0, 0.1) is 12.7 Å². The molecule has 0 bridgehead atoms. The van der Waals surface area contributed by atoms with Gasteiger partial charge in [-0.05, 0) is 54.1 Å². The van der Waals surface area contributed by atoms with Crippen LogP contribution in [0.1, 0.15) is 29.9 Å². The molecule has 0 spiro atoms. The van der Waals surface area contributed by atoms with Gasteiger partial charge in [0.25, 0.3) is 0 Å². The molecule has 3 aromatic rings. The molecule has 0 saturated carbocycles. The van der Waals surface area contributed by atoms with Gasteiger partial charge in [0.2, 0.25) is 0 Å². The van der Waals surface area contributed by atoms with Crippen molar-refractivity contribution in [2.75, 3.05) is 6.54 Å². The van der Waals surface area contributed by atoms with Gasteiger partial charge in [0, 0.05) is 10.9 Å². The minimum Gasteiger partial charge on any atom is -0.459 e. The van der Waals surface area contributed by atoms with E-state index >= 15 is 0 Å². The average molecular weight is 289 g/mol. The lowest BCUT2D eigenvalue weighted by Gasteiger charge is -2.15. The Labute approximate surface area is 121 Å². The summed E-state index contributed by atoms with van der Waals surface area (Å²) in [6.45, 7) is 4.89. The third-order valence-corrected chi connectivity index (χ3v) is 4.18. The molecule has 2 aromatic heterocycles. The van der Waals surface area contributed by atoms with Crippen LogP contribution < -0.4 is 5.32 Å². The first-order valence-corrected chi connectivity index (χ1v) is 7.59. The van der Waals surface area contributed by atoms with Crippen molar-refractivity contribution in [1.82, 2.24) is 5.32 Å². The van der Waals surface area contributed by atoms with Crippen molar-refractivity contribution in [2.45, 2.75) is 19.9 Å². The third-order valence-electron chi connectivity index (χ3n) is 3.48. The Kier molecular flexibility index (Phi) is 3.59. The van der Waals surface area contributed by atoms with Crippen LogP contribution in [0.5, 0.6) is 0 Å². The molecule has 0 radical (unpaired) electrons. The summed E-state index contributed by atoms with van der Waals surface area (Å²) >= 11 is 1.66.